The van der Waals surface area contributed by atoms with E-state index in [0.29, 0.717) is 12.2 Å². The number of methoxy groups -OCH3 is 1. The summed E-state index contributed by atoms with van der Waals surface area (Å²) in [5, 5.41) is 4.56. The number of hydrogen-bond acceptors (Lipinski definition) is 6. The molecule has 1 aromatic carbocycles. The molecule has 9 nitrogen and oxygen atoms in total. The number of rotatable bonds is 5. The maximum Gasteiger partial charge on any atom is 0.241 e. The van der Waals surface area contributed by atoms with Crippen molar-refractivity contribution >= 4 is 21.6 Å². The first-order chi connectivity index (χ1) is 14.9. The van der Waals surface area contributed by atoms with Crippen molar-refractivity contribution in [2.45, 2.75) is 43.2 Å². The highest BCUT2D eigenvalue weighted by molar-refractivity contribution is 7.89. The summed E-state index contributed by atoms with van der Waals surface area (Å²) in [5.74, 6) is 0.334. The second-order valence-electron chi connectivity index (χ2n) is 7.97. The molecule has 2 aromatic heterocycles. The topological polar surface area (TPSA) is 106 Å². The number of aryl methyl sites for hydroxylation is 1. The van der Waals surface area contributed by atoms with Crippen LogP contribution in [0.15, 0.2) is 41.4 Å². The van der Waals surface area contributed by atoms with E-state index in [1.54, 1.807) is 12.1 Å². The SMILES string of the molecule is COc1ccc(S(=O)(=O)NCC(=O)N2[C@H]3CC[C@@H]2c2cnc4cc(C)nn4c2C3)cc1. The lowest BCUT2D eigenvalue weighted by Gasteiger charge is -2.36. The number of nitrogens with one attached hydrogen (secondary N) is 1. The summed E-state index contributed by atoms with van der Waals surface area (Å²) >= 11 is 0. The molecular formula is C21H23N5O4S. The number of sulfonamides is 1. The normalized spacial score (nSPS) is 20.1. The third kappa shape index (κ3) is 3.35. The molecule has 4 heterocycles. The van der Waals surface area contributed by atoms with E-state index < -0.39 is 10.0 Å². The predicted octanol–water partition coefficient (Wildman–Crippen LogP) is 1.61. The quantitative estimate of drug-likeness (QED) is 0.645. The first-order valence-electron chi connectivity index (χ1n) is 10.2. The molecule has 2 aliphatic heterocycles. The fourth-order valence-electron chi connectivity index (χ4n) is 4.67. The van der Waals surface area contributed by atoms with Crippen molar-refractivity contribution in [3.63, 3.8) is 0 Å². The second-order valence-corrected chi connectivity index (χ2v) is 9.74. The van der Waals surface area contributed by atoms with Gasteiger partial charge in [-0.15, -0.1) is 0 Å². The Morgan fingerprint density at radius 3 is 2.77 bits per heavy atom. The third-order valence-electron chi connectivity index (χ3n) is 6.10. The van der Waals surface area contributed by atoms with Gasteiger partial charge in [0.25, 0.3) is 0 Å². The zero-order valence-electron chi connectivity index (χ0n) is 17.3. The van der Waals surface area contributed by atoms with Crippen molar-refractivity contribution in [3.8, 4) is 5.75 Å². The summed E-state index contributed by atoms with van der Waals surface area (Å²) in [5.41, 5.74) is 3.80. The van der Waals surface area contributed by atoms with Crippen LogP contribution in [0.3, 0.4) is 0 Å². The van der Waals surface area contributed by atoms with E-state index in [9.17, 15) is 13.2 Å². The summed E-state index contributed by atoms with van der Waals surface area (Å²) in [6.07, 6.45) is 4.23. The summed E-state index contributed by atoms with van der Waals surface area (Å²) in [6.45, 7) is 1.65. The maximum absolute atomic E-state index is 13.1. The number of aromatic nitrogens is 3. The second kappa shape index (κ2) is 7.31. The van der Waals surface area contributed by atoms with E-state index in [1.807, 2.05) is 28.6 Å². The third-order valence-corrected chi connectivity index (χ3v) is 7.52. The smallest absolute Gasteiger partial charge is 0.241 e. The Morgan fingerprint density at radius 1 is 1.26 bits per heavy atom. The van der Waals surface area contributed by atoms with Crippen LogP contribution in [0.1, 0.15) is 35.8 Å². The zero-order chi connectivity index (χ0) is 21.8. The molecule has 1 amide bonds. The maximum atomic E-state index is 13.1. The van der Waals surface area contributed by atoms with E-state index >= 15 is 0 Å². The van der Waals surface area contributed by atoms with E-state index in [2.05, 4.69) is 14.8 Å². The number of hydrogen-bond donors (Lipinski definition) is 1. The number of ether oxygens (including phenoxy) is 1. The summed E-state index contributed by atoms with van der Waals surface area (Å²) in [7, 11) is -2.29. The molecule has 1 saturated heterocycles. The van der Waals surface area contributed by atoms with Crippen LogP contribution < -0.4 is 9.46 Å². The average Bonchev–Trinajstić information content (AvgIpc) is 3.30. The Balaban J connectivity index is 1.35. The molecule has 10 heteroatoms. The number of carbonyl (C=O) groups is 1. The fourth-order valence-corrected chi connectivity index (χ4v) is 5.64. The molecule has 0 unspecified atom stereocenters. The van der Waals surface area contributed by atoms with E-state index in [1.165, 1.54) is 19.2 Å². The van der Waals surface area contributed by atoms with E-state index in [4.69, 9.17) is 4.74 Å². The first kappa shape index (κ1) is 20.0. The van der Waals surface area contributed by atoms with Crippen LogP contribution in [-0.2, 0) is 21.2 Å². The van der Waals surface area contributed by atoms with Gasteiger partial charge in [0.15, 0.2) is 5.65 Å². The minimum atomic E-state index is -3.80. The Morgan fingerprint density at radius 2 is 2.03 bits per heavy atom. The molecule has 5 rings (SSSR count). The van der Waals surface area contributed by atoms with Crippen LogP contribution in [0.5, 0.6) is 5.75 Å². The molecule has 1 fully saturated rings. The Bertz CT molecular complexity index is 1270. The molecule has 0 spiro atoms. The lowest BCUT2D eigenvalue weighted by molar-refractivity contribution is -0.133. The molecule has 2 bridgehead atoms. The molecule has 0 saturated carbocycles. The molecule has 162 valence electrons. The standard InChI is InChI=1S/C21H23N5O4S/c1-13-9-20-22-11-17-18-8-3-14(10-19(17)26(20)24-13)25(18)21(27)12-23-31(28,29)16-6-4-15(30-2)5-7-16/h4-7,9,11,14,18,23H,3,8,10,12H2,1-2H3/t14-,18+/m0/s1. The van der Waals surface area contributed by atoms with Gasteiger partial charge in [-0.3, -0.25) is 4.79 Å². The number of amides is 1. The molecule has 3 aromatic rings. The molecule has 31 heavy (non-hydrogen) atoms. The van der Waals surface area contributed by atoms with Crippen molar-refractivity contribution in [2.24, 2.45) is 0 Å². The minimum absolute atomic E-state index is 0.0330. The van der Waals surface area contributed by atoms with Crippen LogP contribution >= 0.6 is 0 Å². The van der Waals surface area contributed by atoms with Gasteiger partial charge in [-0.1, -0.05) is 0 Å². The summed E-state index contributed by atoms with van der Waals surface area (Å²) < 4.78 is 34.6. The number of benzene rings is 1. The Hall–Kier alpha value is -2.98. The molecule has 1 N–H and O–H groups in total. The minimum Gasteiger partial charge on any atom is -0.497 e. The Labute approximate surface area is 180 Å². The first-order valence-corrected chi connectivity index (χ1v) is 11.6. The molecule has 2 aliphatic rings. The number of nitrogens with zero attached hydrogens (tertiary/aromatic N) is 4. The number of fused-ring (bicyclic) bond motifs is 6. The van der Waals surface area contributed by atoms with Crippen molar-refractivity contribution < 1.29 is 17.9 Å². The highest BCUT2D eigenvalue weighted by Gasteiger charge is 2.43. The van der Waals surface area contributed by atoms with Gasteiger partial charge < -0.3 is 9.64 Å². The van der Waals surface area contributed by atoms with Gasteiger partial charge in [-0.05, 0) is 44.0 Å². The molecule has 2 atom stereocenters. The molecule has 0 aliphatic carbocycles. The lowest BCUT2D eigenvalue weighted by Crippen LogP contribution is -2.47. The summed E-state index contributed by atoms with van der Waals surface area (Å²) in [6, 6.07) is 7.92. The van der Waals surface area contributed by atoms with Crippen molar-refractivity contribution in [1.82, 2.24) is 24.2 Å². The van der Waals surface area contributed by atoms with Crippen LogP contribution in [-0.4, -0.2) is 53.5 Å². The van der Waals surface area contributed by atoms with E-state index in [-0.39, 0.29) is 29.4 Å². The highest BCUT2D eigenvalue weighted by atomic mass is 32.2. The van der Waals surface area contributed by atoms with Crippen LogP contribution in [0.25, 0.3) is 5.65 Å². The molecule has 0 radical (unpaired) electrons. The predicted molar refractivity (Wildman–Crippen MR) is 112 cm³/mol. The zero-order valence-corrected chi connectivity index (χ0v) is 18.1. The van der Waals surface area contributed by atoms with Crippen molar-refractivity contribution in [1.29, 1.82) is 0 Å². The van der Waals surface area contributed by atoms with Gasteiger partial charge in [0.1, 0.15) is 5.75 Å². The van der Waals surface area contributed by atoms with Gasteiger partial charge in [0.2, 0.25) is 15.9 Å². The van der Waals surface area contributed by atoms with Crippen molar-refractivity contribution in [3.05, 3.63) is 53.5 Å². The van der Waals surface area contributed by atoms with Gasteiger partial charge in [0, 0.05) is 30.3 Å². The van der Waals surface area contributed by atoms with Gasteiger partial charge in [-0.25, -0.2) is 22.6 Å². The van der Waals surface area contributed by atoms with Crippen molar-refractivity contribution in [2.75, 3.05) is 13.7 Å². The average molecular weight is 442 g/mol. The highest BCUT2D eigenvalue weighted by Crippen LogP contribution is 2.43. The van der Waals surface area contributed by atoms with Gasteiger partial charge in [0.05, 0.1) is 36.0 Å². The summed E-state index contributed by atoms with van der Waals surface area (Å²) in [4.78, 5) is 19.5. The van der Waals surface area contributed by atoms with Gasteiger partial charge in [-0.2, -0.15) is 5.10 Å². The fraction of sp³-hybridized carbons (Fsp3) is 0.381. The van der Waals surface area contributed by atoms with Crippen LogP contribution in [0.2, 0.25) is 0 Å². The molecular weight excluding hydrogens is 418 g/mol. The monoisotopic (exact) mass is 441 g/mol. The largest absolute Gasteiger partial charge is 0.497 e. The Kier molecular flexibility index (Phi) is 4.71. The van der Waals surface area contributed by atoms with E-state index in [0.717, 1.165) is 35.4 Å². The van der Waals surface area contributed by atoms with Gasteiger partial charge >= 0.3 is 0 Å². The lowest BCUT2D eigenvalue weighted by atomic mass is 9.99. The van der Waals surface area contributed by atoms with Crippen LogP contribution in [0, 0.1) is 6.92 Å². The number of carbonyl (C=O) groups excluding carboxylic acids is 1. The van der Waals surface area contributed by atoms with Crippen LogP contribution in [0.4, 0.5) is 0 Å².